The molecule has 1 aromatic heterocycles. The van der Waals surface area contributed by atoms with E-state index in [0.717, 1.165) is 32.3 Å². The number of halogens is 3. The van der Waals surface area contributed by atoms with Crippen LogP contribution in [0.2, 0.25) is 5.02 Å². The molecule has 1 aromatic carbocycles. The number of alkyl halides is 2. The molecule has 1 atom stereocenters. The van der Waals surface area contributed by atoms with E-state index in [0.29, 0.717) is 23.4 Å². The molecule has 7 heteroatoms. The predicted octanol–water partition coefficient (Wildman–Crippen LogP) is 6.57. The molecular formula is C23H23ClF2N2OS. The van der Waals surface area contributed by atoms with Gasteiger partial charge in [0.15, 0.2) is 0 Å². The molecule has 0 aliphatic heterocycles. The molecule has 1 unspecified atom stereocenters. The smallest absolute Gasteiger partial charge is 0.267 e. The van der Waals surface area contributed by atoms with Gasteiger partial charge in [-0.1, -0.05) is 41.6 Å². The molecule has 3 rings (SSSR count). The summed E-state index contributed by atoms with van der Waals surface area (Å²) in [6, 6.07) is 7.63. The summed E-state index contributed by atoms with van der Waals surface area (Å²) in [6.07, 6.45) is 5.55. The van der Waals surface area contributed by atoms with Crippen LogP contribution in [-0.4, -0.2) is 35.9 Å². The number of hydrogen-bond acceptors (Lipinski definition) is 3. The van der Waals surface area contributed by atoms with Gasteiger partial charge in [0.25, 0.3) is 6.43 Å². The Hall–Kier alpha value is -2.15. The van der Waals surface area contributed by atoms with Gasteiger partial charge in [-0.25, -0.2) is 8.78 Å². The number of benzene rings is 1. The van der Waals surface area contributed by atoms with Gasteiger partial charge in [0.1, 0.15) is 6.10 Å². The largest absolute Gasteiger partial charge is 0.383 e. The third-order valence-corrected chi connectivity index (χ3v) is 6.23. The summed E-state index contributed by atoms with van der Waals surface area (Å²) in [5.41, 5.74) is 4.40. The molecule has 0 bridgehead atoms. The highest BCUT2D eigenvalue weighted by atomic mass is 35.5. The van der Waals surface area contributed by atoms with Crippen LogP contribution in [0.5, 0.6) is 0 Å². The monoisotopic (exact) mass is 448 g/mol. The molecule has 3 nitrogen and oxygen atoms in total. The molecule has 30 heavy (non-hydrogen) atoms. The van der Waals surface area contributed by atoms with Crippen molar-refractivity contribution in [2.45, 2.75) is 42.1 Å². The Bertz CT molecular complexity index is 1010. The van der Waals surface area contributed by atoms with Crippen LogP contribution in [0.1, 0.15) is 29.8 Å². The molecule has 0 fully saturated rings. The molecule has 0 saturated heterocycles. The maximum absolute atomic E-state index is 12.8. The van der Waals surface area contributed by atoms with Crippen LogP contribution in [0.25, 0.3) is 11.6 Å². The van der Waals surface area contributed by atoms with E-state index in [1.807, 2.05) is 49.4 Å². The second-order valence-corrected chi connectivity index (χ2v) is 8.42. The van der Waals surface area contributed by atoms with Crippen LogP contribution in [0.3, 0.4) is 0 Å². The standard InChI is InChI=1S/C23H23ClF2N2OS/c1-14-19(4-3-13-27-2)22(30-18-11-9-17(24)10-12-18)20(28-14)15-5-7-16(8-6-15)21(29)23(25)26/h3-5,7,9-13,21,23,28-29H,6,8H2,1-2H3. The molecule has 0 amide bonds. The summed E-state index contributed by atoms with van der Waals surface area (Å²) in [6.45, 7) is 2.00. The highest BCUT2D eigenvalue weighted by molar-refractivity contribution is 7.99. The molecule has 2 aromatic rings. The molecule has 1 heterocycles. The van der Waals surface area contributed by atoms with Gasteiger partial charge in [-0.05, 0) is 61.3 Å². The van der Waals surface area contributed by atoms with Crippen molar-refractivity contribution in [2.24, 2.45) is 4.99 Å². The van der Waals surface area contributed by atoms with Crippen LogP contribution in [0, 0.1) is 6.92 Å². The second-order valence-electron chi connectivity index (χ2n) is 6.90. The van der Waals surface area contributed by atoms with Crippen molar-refractivity contribution in [3.63, 3.8) is 0 Å². The van der Waals surface area contributed by atoms with Gasteiger partial charge in [0.2, 0.25) is 0 Å². The molecule has 158 valence electrons. The Balaban J connectivity index is 2.01. The summed E-state index contributed by atoms with van der Waals surface area (Å²) in [5.74, 6) is 0. The minimum Gasteiger partial charge on any atom is -0.383 e. The summed E-state index contributed by atoms with van der Waals surface area (Å²) in [5, 5.41) is 10.3. The third kappa shape index (κ3) is 5.31. The van der Waals surface area contributed by atoms with Crippen molar-refractivity contribution in [1.82, 2.24) is 4.98 Å². The first-order valence-corrected chi connectivity index (χ1v) is 10.7. The van der Waals surface area contributed by atoms with Crippen LogP contribution >= 0.6 is 23.4 Å². The Kier molecular flexibility index (Phi) is 7.69. The summed E-state index contributed by atoms with van der Waals surface area (Å²) >= 11 is 7.64. The average molecular weight is 449 g/mol. The van der Waals surface area contributed by atoms with Crippen molar-refractivity contribution in [3.8, 4) is 0 Å². The Morgan fingerprint density at radius 3 is 2.53 bits per heavy atom. The number of rotatable bonds is 7. The number of aliphatic hydroxyl groups is 1. The lowest BCUT2D eigenvalue weighted by Crippen LogP contribution is -2.21. The predicted molar refractivity (Wildman–Crippen MR) is 122 cm³/mol. The Morgan fingerprint density at radius 2 is 1.93 bits per heavy atom. The van der Waals surface area contributed by atoms with Gasteiger partial charge in [0, 0.05) is 39.3 Å². The van der Waals surface area contributed by atoms with E-state index in [1.165, 1.54) is 0 Å². The molecule has 0 saturated carbocycles. The van der Waals surface area contributed by atoms with Gasteiger partial charge in [-0.3, -0.25) is 4.99 Å². The maximum Gasteiger partial charge on any atom is 0.267 e. The summed E-state index contributed by atoms with van der Waals surface area (Å²) < 4.78 is 25.6. The topological polar surface area (TPSA) is 48.4 Å². The van der Waals surface area contributed by atoms with E-state index in [9.17, 15) is 13.9 Å². The molecular weight excluding hydrogens is 426 g/mol. The van der Waals surface area contributed by atoms with Gasteiger partial charge in [-0.2, -0.15) is 0 Å². The Morgan fingerprint density at radius 1 is 1.20 bits per heavy atom. The van der Waals surface area contributed by atoms with E-state index in [1.54, 1.807) is 31.1 Å². The van der Waals surface area contributed by atoms with Crippen molar-refractivity contribution >= 4 is 41.2 Å². The van der Waals surface area contributed by atoms with E-state index >= 15 is 0 Å². The van der Waals surface area contributed by atoms with Crippen molar-refractivity contribution in [2.75, 3.05) is 7.05 Å². The van der Waals surface area contributed by atoms with Gasteiger partial charge in [-0.15, -0.1) is 0 Å². The summed E-state index contributed by atoms with van der Waals surface area (Å²) in [7, 11) is 1.72. The molecule has 0 spiro atoms. The summed E-state index contributed by atoms with van der Waals surface area (Å²) in [4.78, 5) is 9.54. The first kappa shape index (κ1) is 22.5. The minimum absolute atomic E-state index is 0.364. The van der Waals surface area contributed by atoms with Crippen LogP contribution in [-0.2, 0) is 0 Å². The number of hydrogen-bond donors (Lipinski definition) is 2. The lowest BCUT2D eigenvalue weighted by molar-refractivity contribution is 0.0157. The maximum atomic E-state index is 12.8. The fourth-order valence-corrected chi connectivity index (χ4v) is 4.51. The van der Waals surface area contributed by atoms with Crippen molar-refractivity contribution in [3.05, 3.63) is 70.0 Å². The van der Waals surface area contributed by atoms with Gasteiger partial charge >= 0.3 is 0 Å². The number of aromatic nitrogens is 1. The zero-order chi connectivity index (χ0) is 21.7. The van der Waals surface area contributed by atoms with Crippen LogP contribution in [0.4, 0.5) is 8.78 Å². The highest BCUT2D eigenvalue weighted by Crippen LogP contribution is 2.41. The third-order valence-electron chi connectivity index (χ3n) is 4.84. The number of aromatic amines is 1. The van der Waals surface area contributed by atoms with Gasteiger partial charge in [0.05, 0.1) is 5.69 Å². The van der Waals surface area contributed by atoms with E-state index in [-0.39, 0.29) is 0 Å². The van der Waals surface area contributed by atoms with Crippen LogP contribution < -0.4 is 0 Å². The fourth-order valence-electron chi connectivity index (χ4n) is 3.27. The number of nitrogens with zero attached hydrogens (tertiary/aromatic N) is 1. The average Bonchev–Trinajstić information content (AvgIpc) is 3.04. The number of H-pyrrole nitrogens is 1. The normalized spacial score (nSPS) is 15.8. The highest BCUT2D eigenvalue weighted by Gasteiger charge is 2.25. The van der Waals surface area contributed by atoms with Crippen molar-refractivity contribution in [1.29, 1.82) is 0 Å². The zero-order valence-electron chi connectivity index (χ0n) is 16.7. The lowest BCUT2D eigenvalue weighted by atomic mass is 9.93. The number of aliphatic imine (C=N–C) groups is 1. The number of nitrogens with one attached hydrogen (secondary N) is 1. The lowest BCUT2D eigenvalue weighted by Gasteiger charge is -2.19. The zero-order valence-corrected chi connectivity index (χ0v) is 18.3. The van der Waals surface area contributed by atoms with E-state index < -0.39 is 12.5 Å². The molecule has 0 radical (unpaired) electrons. The van der Waals surface area contributed by atoms with Crippen LogP contribution in [0.15, 0.2) is 62.9 Å². The first-order chi connectivity index (χ1) is 14.4. The fraction of sp³-hybridized carbons (Fsp3) is 0.261. The number of aliphatic hydroxyl groups excluding tert-OH is 1. The second kappa shape index (κ2) is 10.2. The van der Waals surface area contributed by atoms with Gasteiger partial charge < -0.3 is 10.1 Å². The molecule has 2 N–H and O–H groups in total. The quantitative estimate of drug-likeness (QED) is 0.470. The molecule has 1 aliphatic rings. The van der Waals surface area contributed by atoms with E-state index in [2.05, 4.69) is 9.98 Å². The number of allylic oxidation sites excluding steroid dienone is 4. The molecule has 1 aliphatic carbocycles. The minimum atomic E-state index is -2.77. The number of aryl methyl sites for hydroxylation is 1. The van der Waals surface area contributed by atoms with E-state index in [4.69, 9.17) is 11.6 Å². The Labute approximate surface area is 184 Å². The first-order valence-electron chi connectivity index (χ1n) is 9.51. The SMILES string of the molecule is CN=CC=Cc1c(C)[nH]c(C2=CC=C(C(O)C(F)F)CC2)c1Sc1ccc(Cl)cc1. The van der Waals surface area contributed by atoms with Crippen molar-refractivity contribution < 1.29 is 13.9 Å².